The number of nitrogens with zero attached hydrogens (tertiary/aromatic N) is 2. The minimum Gasteiger partial charge on any atom is -0.508 e. The number of hydrogen-bond donors (Lipinski definition) is 3. The van der Waals surface area contributed by atoms with E-state index in [-0.39, 0.29) is 11.5 Å². The monoisotopic (exact) mass is 440 g/mol. The Bertz CT molecular complexity index is 826. The maximum absolute atomic E-state index is 9.72. The van der Waals surface area contributed by atoms with Gasteiger partial charge in [-0.1, -0.05) is 31.5 Å². The minimum atomic E-state index is -0.0543. The molecule has 1 aliphatic rings. The van der Waals surface area contributed by atoms with Crippen LogP contribution >= 0.6 is 0 Å². The topological polar surface area (TPSA) is 67.2 Å². The van der Waals surface area contributed by atoms with E-state index in [1.165, 1.54) is 50.8 Å². The number of phenolic OH excluding ortho intramolecular Hbond substituents is 3. The molecule has 2 aromatic rings. The normalized spacial score (nSPS) is 16.8. The van der Waals surface area contributed by atoms with E-state index in [1.54, 1.807) is 18.2 Å². The van der Waals surface area contributed by atoms with Crippen LogP contribution in [0.15, 0.2) is 42.5 Å². The van der Waals surface area contributed by atoms with Crippen molar-refractivity contribution < 1.29 is 15.3 Å². The maximum Gasteiger partial charge on any atom is 0.157 e. The molecule has 1 heterocycles. The Balaban J connectivity index is 1.35. The Morgan fingerprint density at radius 2 is 1.78 bits per heavy atom. The second kappa shape index (κ2) is 12.7. The highest BCUT2D eigenvalue weighted by Crippen LogP contribution is 2.25. The summed E-state index contributed by atoms with van der Waals surface area (Å²) in [5.74, 6) is 0.279. The van der Waals surface area contributed by atoms with Crippen molar-refractivity contribution in [2.24, 2.45) is 0 Å². The lowest BCUT2D eigenvalue weighted by molar-refractivity contribution is 0.238. The largest absolute Gasteiger partial charge is 0.508 e. The summed E-state index contributed by atoms with van der Waals surface area (Å²) in [7, 11) is 0. The van der Waals surface area contributed by atoms with E-state index in [2.05, 4.69) is 22.8 Å². The zero-order valence-electron chi connectivity index (χ0n) is 19.5. The van der Waals surface area contributed by atoms with Crippen LogP contribution in [0.3, 0.4) is 0 Å². The average Bonchev–Trinajstić information content (AvgIpc) is 3.21. The van der Waals surface area contributed by atoms with Gasteiger partial charge < -0.3 is 25.1 Å². The highest BCUT2D eigenvalue weighted by atomic mass is 16.3. The van der Waals surface area contributed by atoms with Gasteiger partial charge in [-0.05, 0) is 107 Å². The quantitative estimate of drug-likeness (QED) is 0.304. The van der Waals surface area contributed by atoms with Gasteiger partial charge in [0.2, 0.25) is 0 Å². The van der Waals surface area contributed by atoms with Crippen LogP contribution in [0.25, 0.3) is 0 Å². The molecule has 0 radical (unpaired) electrons. The standard InChI is InChI=1S/C27H40N2O3/c1-2-14-28(18-13-22-11-12-26(31)27(32)21-22)15-4-3-5-16-29-17-7-9-24(29)19-23-8-6-10-25(30)20-23/h6,8,10-12,20-21,24,30-32H,2-5,7,9,13-19H2,1H3. The SMILES string of the molecule is CCCN(CCCCCN1CCCC1Cc1cccc(O)c1)CCc1ccc(O)c(O)c1. The van der Waals surface area contributed by atoms with E-state index in [4.69, 9.17) is 0 Å². The molecule has 0 aliphatic carbocycles. The van der Waals surface area contributed by atoms with Gasteiger partial charge in [-0.15, -0.1) is 0 Å². The van der Waals surface area contributed by atoms with Crippen molar-refractivity contribution >= 4 is 0 Å². The maximum atomic E-state index is 9.72. The first-order chi connectivity index (χ1) is 15.5. The molecule has 0 amide bonds. The molecular formula is C27H40N2O3. The summed E-state index contributed by atoms with van der Waals surface area (Å²) in [4.78, 5) is 5.16. The molecule has 0 spiro atoms. The molecule has 3 N–H and O–H groups in total. The molecule has 0 aromatic heterocycles. The van der Waals surface area contributed by atoms with Gasteiger partial charge in [-0.3, -0.25) is 0 Å². The summed E-state index contributed by atoms with van der Waals surface area (Å²) in [6.45, 7) is 7.79. The molecule has 1 saturated heterocycles. The van der Waals surface area contributed by atoms with Crippen molar-refractivity contribution in [1.82, 2.24) is 9.80 Å². The summed E-state index contributed by atoms with van der Waals surface area (Å²) < 4.78 is 0. The van der Waals surface area contributed by atoms with Crippen molar-refractivity contribution in [3.63, 3.8) is 0 Å². The Morgan fingerprint density at radius 3 is 2.56 bits per heavy atom. The van der Waals surface area contributed by atoms with Gasteiger partial charge in [0.1, 0.15) is 5.75 Å². The zero-order valence-corrected chi connectivity index (χ0v) is 19.5. The van der Waals surface area contributed by atoms with E-state index >= 15 is 0 Å². The predicted molar refractivity (Wildman–Crippen MR) is 130 cm³/mol. The van der Waals surface area contributed by atoms with Gasteiger partial charge in [-0.2, -0.15) is 0 Å². The fraction of sp³-hybridized carbons (Fsp3) is 0.556. The van der Waals surface area contributed by atoms with Crippen molar-refractivity contribution in [2.45, 2.75) is 64.3 Å². The fourth-order valence-corrected chi connectivity index (χ4v) is 4.87. The van der Waals surface area contributed by atoms with E-state index in [1.807, 2.05) is 18.2 Å². The Labute approximate surface area is 193 Å². The number of likely N-dealkylation sites (tertiary alicyclic amines) is 1. The predicted octanol–water partition coefficient (Wildman–Crippen LogP) is 4.94. The highest BCUT2D eigenvalue weighted by Gasteiger charge is 2.24. The third-order valence-corrected chi connectivity index (χ3v) is 6.60. The first kappa shape index (κ1) is 24.4. The van der Waals surface area contributed by atoms with E-state index in [0.717, 1.165) is 44.5 Å². The van der Waals surface area contributed by atoms with Crippen LogP contribution in [-0.4, -0.2) is 63.9 Å². The van der Waals surface area contributed by atoms with Crippen LogP contribution in [0.5, 0.6) is 17.2 Å². The van der Waals surface area contributed by atoms with E-state index in [9.17, 15) is 15.3 Å². The van der Waals surface area contributed by atoms with Gasteiger partial charge in [0.05, 0.1) is 0 Å². The second-order valence-corrected chi connectivity index (χ2v) is 9.18. The smallest absolute Gasteiger partial charge is 0.157 e. The molecule has 2 aromatic carbocycles. The first-order valence-electron chi connectivity index (χ1n) is 12.3. The minimum absolute atomic E-state index is 0.0335. The van der Waals surface area contributed by atoms with Gasteiger partial charge in [0.15, 0.2) is 11.5 Å². The third kappa shape index (κ3) is 7.72. The molecule has 1 unspecified atom stereocenters. The van der Waals surface area contributed by atoms with Crippen LogP contribution in [-0.2, 0) is 12.8 Å². The molecule has 1 atom stereocenters. The van der Waals surface area contributed by atoms with Gasteiger partial charge in [-0.25, -0.2) is 0 Å². The van der Waals surface area contributed by atoms with Gasteiger partial charge in [0, 0.05) is 12.6 Å². The van der Waals surface area contributed by atoms with Crippen molar-refractivity contribution in [2.75, 3.05) is 32.7 Å². The number of rotatable bonds is 13. The van der Waals surface area contributed by atoms with Crippen molar-refractivity contribution in [3.05, 3.63) is 53.6 Å². The van der Waals surface area contributed by atoms with Crippen molar-refractivity contribution in [3.8, 4) is 17.2 Å². The summed E-state index contributed by atoms with van der Waals surface area (Å²) in [5.41, 5.74) is 2.30. The molecule has 5 heteroatoms. The molecule has 176 valence electrons. The molecule has 1 fully saturated rings. The summed E-state index contributed by atoms with van der Waals surface area (Å²) >= 11 is 0. The number of unbranched alkanes of at least 4 members (excludes halogenated alkanes) is 2. The average molecular weight is 441 g/mol. The third-order valence-electron chi connectivity index (χ3n) is 6.60. The van der Waals surface area contributed by atoms with Crippen LogP contribution in [0, 0.1) is 0 Å². The second-order valence-electron chi connectivity index (χ2n) is 9.18. The van der Waals surface area contributed by atoms with Crippen molar-refractivity contribution in [1.29, 1.82) is 0 Å². The Morgan fingerprint density at radius 1 is 0.906 bits per heavy atom. The molecule has 0 bridgehead atoms. The van der Waals surface area contributed by atoms with E-state index in [0.29, 0.717) is 11.8 Å². The fourth-order valence-electron chi connectivity index (χ4n) is 4.87. The summed E-state index contributed by atoms with van der Waals surface area (Å²) in [5, 5.41) is 28.9. The van der Waals surface area contributed by atoms with Crippen LogP contribution in [0.2, 0.25) is 0 Å². The number of hydrogen-bond acceptors (Lipinski definition) is 5. The van der Waals surface area contributed by atoms with Gasteiger partial charge in [0.25, 0.3) is 0 Å². The first-order valence-corrected chi connectivity index (χ1v) is 12.3. The highest BCUT2D eigenvalue weighted by molar-refractivity contribution is 5.40. The van der Waals surface area contributed by atoms with E-state index < -0.39 is 0 Å². The van der Waals surface area contributed by atoms with Crippen LogP contribution in [0.1, 0.15) is 56.6 Å². The lowest BCUT2D eigenvalue weighted by Crippen LogP contribution is -2.32. The van der Waals surface area contributed by atoms with Gasteiger partial charge >= 0.3 is 0 Å². The number of aromatic hydroxyl groups is 3. The lowest BCUT2D eigenvalue weighted by atomic mass is 10.0. The lowest BCUT2D eigenvalue weighted by Gasteiger charge is -2.25. The molecule has 3 rings (SSSR count). The number of phenols is 3. The molecule has 32 heavy (non-hydrogen) atoms. The zero-order chi connectivity index (χ0) is 22.8. The summed E-state index contributed by atoms with van der Waals surface area (Å²) in [6, 6.07) is 13.4. The van der Waals surface area contributed by atoms with Crippen LogP contribution < -0.4 is 0 Å². The molecule has 5 nitrogen and oxygen atoms in total. The number of benzene rings is 2. The molecular weight excluding hydrogens is 400 g/mol. The Kier molecular flexibility index (Phi) is 9.69. The van der Waals surface area contributed by atoms with Crippen LogP contribution in [0.4, 0.5) is 0 Å². The molecule has 0 saturated carbocycles. The Hall–Kier alpha value is -2.24. The molecule has 1 aliphatic heterocycles. The summed E-state index contributed by atoms with van der Waals surface area (Å²) in [6.07, 6.45) is 9.30.